The molecular formula is C25H36ClN7O2. The third-order valence-electron chi connectivity index (χ3n) is 7.12. The van der Waals surface area contributed by atoms with Gasteiger partial charge < -0.3 is 30.4 Å². The van der Waals surface area contributed by atoms with Crippen molar-refractivity contribution < 1.29 is 9.47 Å². The number of anilines is 2. The summed E-state index contributed by atoms with van der Waals surface area (Å²) >= 11 is 0. The number of benzene rings is 1. The quantitative estimate of drug-likeness (QED) is 0.408. The number of rotatable bonds is 8. The van der Waals surface area contributed by atoms with Crippen molar-refractivity contribution in [2.75, 3.05) is 24.9 Å². The van der Waals surface area contributed by atoms with E-state index < -0.39 is 0 Å². The van der Waals surface area contributed by atoms with Gasteiger partial charge in [0, 0.05) is 30.7 Å². The van der Waals surface area contributed by atoms with Crippen molar-refractivity contribution in [3.05, 3.63) is 30.1 Å². The second kappa shape index (κ2) is 11.3. The Morgan fingerprint density at radius 2 is 1.66 bits per heavy atom. The normalized spacial score (nSPS) is 20.4. The van der Waals surface area contributed by atoms with Gasteiger partial charge in [0.1, 0.15) is 11.5 Å². The summed E-state index contributed by atoms with van der Waals surface area (Å²) in [5.74, 6) is 2.90. The number of methoxy groups -OCH3 is 2. The smallest absolute Gasteiger partial charge is 0.227 e. The van der Waals surface area contributed by atoms with Crippen LogP contribution in [0.25, 0.3) is 11.2 Å². The highest BCUT2D eigenvalue weighted by Gasteiger charge is 2.24. The van der Waals surface area contributed by atoms with Crippen LogP contribution in [0.15, 0.2) is 24.5 Å². The number of halogens is 1. The van der Waals surface area contributed by atoms with Gasteiger partial charge in [0.05, 0.1) is 20.5 Å². The Bertz CT molecular complexity index is 1100. The lowest BCUT2D eigenvalue weighted by molar-refractivity contribution is 0.393. The van der Waals surface area contributed by atoms with Crippen molar-refractivity contribution in [3.63, 3.8) is 0 Å². The van der Waals surface area contributed by atoms with Crippen molar-refractivity contribution in [3.8, 4) is 11.5 Å². The van der Waals surface area contributed by atoms with E-state index in [1.165, 1.54) is 25.7 Å². The number of fused-ring (bicyclic) bond motifs is 1. The fourth-order valence-corrected chi connectivity index (χ4v) is 5.15. The van der Waals surface area contributed by atoms with Crippen LogP contribution in [0.3, 0.4) is 0 Å². The summed E-state index contributed by atoms with van der Waals surface area (Å²) in [6, 6.07) is 6.97. The number of nitrogens with one attached hydrogen (secondary N) is 2. The van der Waals surface area contributed by atoms with Gasteiger partial charge in [-0.3, -0.25) is 0 Å². The van der Waals surface area contributed by atoms with Crippen LogP contribution in [0.2, 0.25) is 0 Å². The molecule has 0 radical (unpaired) electrons. The molecule has 2 aromatic heterocycles. The van der Waals surface area contributed by atoms with Crippen LogP contribution in [-0.2, 0) is 6.54 Å². The lowest BCUT2D eigenvalue weighted by atomic mass is 9.92. The Balaban J connectivity index is 0.00000289. The fraction of sp³-hybridized carbons (Fsp3) is 0.560. The van der Waals surface area contributed by atoms with Gasteiger partial charge in [-0.05, 0) is 56.2 Å². The zero-order chi connectivity index (χ0) is 23.5. The third-order valence-corrected chi connectivity index (χ3v) is 7.12. The van der Waals surface area contributed by atoms with E-state index in [0.717, 1.165) is 59.7 Å². The van der Waals surface area contributed by atoms with Crippen molar-refractivity contribution >= 4 is 35.3 Å². The predicted octanol–water partition coefficient (Wildman–Crippen LogP) is 4.67. The third kappa shape index (κ3) is 5.73. The second-order valence-electron chi connectivity index (χ2n) is 9.49. The van der Waals surface area contributed by atoms with Crippen LogP contribution in [0.1, 0.15) is 63.0 Å². The first kappa shape index (κ1) is 25.3. The molecule has 0 spiro atoms. The molecule has 0 aliphatic heterocycles. The molecule has 5 rings (SSSR count). The fourth-order valence-electron chi connectivity index (χ4n) is 5.15. The Morgan fingerprint density at radius 3 is 2.31 bits per heavy atom. The zero-order valence-electron chi connectivity index (χ0n) is 20.5. The Hall–Kier alpha value is -2.78. The molecular weight excluding hydrogens is 466 g/mol. The van der Waals surface area contributed by atoms with Crippen molar-refractivity contribution in [2.45, 2.75) is 76.0 Å². The van der Waals surface area contributed by atoms with E-state index in [1.807, 2.05) is 24.5 Å². The molecule has 35 heavy (non-hydrogen) atoms. The summed E-state index contributed by atoms with van der Waals surface area (Å²) in [6.45, 7) is 0.563. The molecule has 0 saturated heterocycles. The average Bonchev–Trinajstić information content (AvgIpc) is 3.53. The van der Waals surface area contributed by atoms with Crippen LogP contribution >= 0.6 is 12.4 Å². The molecule has 2 aliphatic carbocycles. The Morgan fingerprint density at radius 1 is 0.971 bits per heavy atom. The highest BCUT2D eigenvalue weighted by atomic mass is 35.5. The molecule has 10 heteroatoms. The van der Waals surface area contributed by atoms with Crippen LogP contribution in [0.4, 0.5) is 11.8 Å². The zero-order valence-corrected chi connectivity index (χ0v) is 21.3. The lowest BCUT2D eigenvalue weighted by Gasteiger charge is -2.27. The largest absolute Gasteiger partial charge is 0.497 e. The number of ether oxygens (including phenoxy) is 2. The molecule has 2 fully saturated rings. The van der Waals surface area contributed by atoms with Gasteiger partial charge in [-0.1, -0.05) is 12.8 Å². The molecule has 190 valence electrons. The van der Waals surface area contributed by atoms with Crippen molar-refractivity contribution in [1.82, 2.24) is 19.5 Å². The average molecular weight is 502 g/mol. The molecule has 2 aliphatic rings. The first-order chi connectivity index (χ1) is 16.6. The molecule has 9 nitrogen and oxygen atoms in total. The maximum absolute atomic E-state index is 6.10. The molecule has 3 aromatic rings. The summed E-state index contributed by atoms with van der Waals surface area (Å²) in [5.41, 5.74) is 8.83. The number of nitrogens with zero attached hydrogens (tertiary/aromatic N) is 4. The van der Waals surface area contributed by atoms with E-state index in [0.29, 0.717) is 30.6 Å². The highest BCUT2D eigenvalue weighted by Crippen LogP contribution is 2.33. The summed E-state index contributed by atoms with van der Waals surface area (Å²) in [7, 11) is 3.32. The van der Waals surface area contributed by atoms with Gasteiger partial charge in [0.25, 0.3) is 0 Å². The van der Waals surface area contributed by atoms with Crippen LogP contribution in [-0.4, -0.2) is 45.8 Å². The standard InChI is InChI=1S/C25H35N7O2.ClH/c1-33-20-11-16(12-21(13-20)34-2)14-27-23-22-24(32(15-28-22)19-5-3-4-6-19)31-25(30-23)29-18-9-7-17(26)8-10-18;/h11-13,15,17-19H,3-10,14,26H2,1-2H3,(H2,27,29,30,31);1H. The second-order valence-corrected chi connectivity index (χ2v) is 9.49. The van der Waals surface area contributed by atoms with Crippen LogP contribution < -0.4 is 25.8 Å². The van der Waals surface area contributed by atoms with Gasteiger partial charge in [0.15, 0.2) is 17.0 Å². The molecule has 1 aromatic carbocycles. The summed E-state index contributed by atoms with van der Waals surface area (Å²) in [4.78, 5) is 14.5. The highest BCUT2D eigenvalue weighted by molar-refractivity contribution is 5.85. The van der Waals surface area contributed by atoms with Crippen LogP contribution in [0, 0.1) is 0 Å². The Kier molecular flexibility index (Phi) is 8.18. The number of nitrogens with two attached hydrogens (primary N) is 1. The Labute approximate surface area is 212 Å². The topological polar surface area (TPSA) is 112 Å². The molecule has 2 heterocycles. The predicted molar refractivity (Wildman–Crippen MR) is 141 cm³/mol. The van der Waals surface area contributed by atoms with Gasteiger partial charge in [-0.25, -0.2) is 4.98 Å². The number of aromatic nitrogens is 4. The number of hydrogen-bond acceptors (Lipinski definition) is 8. The molecule has 0 atom stereocenters. The maximum Gasteiger partial charge on any atom is 0.227 e. The van der Waals surface area contributed by atoms with E-state index in [4.69, 9.17) is 30.2 Å². The lowest BCUT2D eigenvalue weighted by Crippen LogP contribution is -2.33. The van der Waals surface area contributed by atoms with Crippen LogP contribution in [0.5, 0.6) is 11.5 Å². The van der Waals surface area contributed by atoms with Gasteiger partial charge in [-0.15, -0.1) is 12.4 Å². The summed E-state index contributed by atoms with van der Waals surface area (Å²) < 4.78 is 13.1. The molecule has 0 unspecified atom stereocenters. The molecule has 2 saturated carbocycles. The van der Waals surface area contributed by atoms with Crippen molar-refractivity contribution in [1.29, 1.82) is 0 Å². The summed E-state index contributed by atoms with van der Waals surface area (Å²) in [6.07, 6.45) is 10.9. The molecule has 0 amide bonds. The maximum atomic E-state index is 6.10. The minimum atomic E-state index is 0. The monoisotopic (exact) mass is 501 g/mol. The number of imidazole rings is 1. The van der Waals surface area contributed by atoms with Crippen molar-refractivity contribution in [2.24, 2.45) is 5.73 Å². The minimum absolute atomic E-state index is 0. The summed E-state index contributed by atoms with van der Waals surface area (Å²) in [5, 5.41) is 7.07. The van der Waals surface area contributed by atoms with E-state index in [9.17, 15) is 0 Å². The minimum Gasteiger partial charge on any atom is -0.497 e. The first-order valence-electron chi connectivity index (χ1n) is 12.4. The van der Waals surface area contributed by atoms with E-state index in [-0.39, 0.29) is 12.4 Å². The molecule has 0 bridgehead atoms. The van der Waals surface area contributed by atoms with E-state index in [2.05, 4.69) is 15.2 Å². The number of hydrogen-bond donors (Lipinski definition) is 3. The van der Waals surface area contributed by atoms with Gasteiger partial charge in [0.2, 0.25) is 5.95 Å². The van der Waals surface area contributed by atoms with Gasteiger partial charge >= 0.3 is 0 Å². The van der Waals surface area contributed by atoms with Gasteiger partial charge in [-0.2, -0.15) is 9.97 Å². The molecule has 4 N–H and O–H groups in total. The SMILES string of the molecule is COc1cc(CNc2nc(NC3CCC(N)CC3)nc3c2ncn3C2CCCC2)cc(OC)c1.Cl. The van der Waals surface area contributed by atoms with E-state index in [1.54, 1.807) is 14.2 Å². The first-order valence-corrected chi connectivity index (χ1v) is 12.4. The van der Waals surface area contributed by atoms with E-state index >= 15 is 0 Å².